The minimum atomic E-state index is -0.534. The zero-order valence-corrected chi connectivity index (χ0v) is 19.8. The van der Waals surface area contributed by atoms with E-state index in [1.807, 2.05) is 18.3 Å². The van der Waals surface area contributed by atoms with Gasteiger partial charge in [0.1, 0.15) is 5.82 Å². The third kappa shape index (κ3) is 4.00. The molecule has 3 aliphatic heterocycles. The molecule has 0 unspecified atom stereocenters. The molecule has 3 aromatic rings. The van der Waals surface area contributed by atoms with Crippen LogP contribution in [0.5, 0.6) is 0 Å². The summed E-state index contributed by atoms with van der Waals surface area (Å²) in [6.07, 6.45) is 4.06. The van der Waals surface area contributed by atoms with E-state index in [0.29, 0.717) is 28.7 Å². The molecule has 0 radical (unpaired) electrons. The predicted molar refractivity (Wildman–Crippen MR) is 130 cm³/mol. The number of amides is 1. The number of benzene rings is 1. The first kappa shape index (κ1) is 22.6. The number of hydrogen-bond acceptors (Lipinski definition) is 7. The number of aromatic nitrogens is 3. The average Bonchev–Trinajstić information content (AvgIpc) is 3.56. The maximum absolute atomic E-state index is 14.8. The van der Waals surface area contributed by atoms with Crippen molar-refractivity contribution in [2.45, 2.75) is 25.4 Å². The lowest BCUT2D eigenvalue weighted by Crippen LogP contribution is -2.51. The fourth-order valence-electron chi connectivity index (χ4n) is 5.42. The van der Waals surface area contributed by atoms with Crippen molar-refractivity contribution < 1.29 is 13.9 Å². The van der Waals surface area contributed by atoms with E-state index in [9.17, 15) is 14.4 Å². The Balaban J connectivity index is 1.36. The van der Waals surface area contributed by atoms with Crippen LogP contribution < -0.4 is 10.2 Å². The molecule has 5 heterocycles. The average molecular weight is 488 g/mol. The van der Waals surface area contributed by atoms with Gasteiger partial charge < -0.3 is 15.0 Å². The number of hydrogen-bond donors (Lipinski definition) is 1. The van der Waals surface area contributed by atoms with Gasteiger partial charge in [-0.3, -0.25) is 9.69 Å². The summed E-state index contributed by atoms with van der Waals surface area (Å²) in [7, 11) is 0. The van der Waals surface area contributed by atoms with E-state index in [0.717, 1.165) is 58.1 Å². The molecule has 2 saturated heterocycles. The van der Waals surface area contributed by atoms with Crippen molar-refractivity contribution in [3.8, 4) is 23.0 Å². The lowest BCUT2D eigenvalue weighted by atomic mass is 10.0. The predicted octanol–water partition coefficient (Wildman–Crippen LogP) is 2.49. The summed E-state index contributed by atoms with van der Waals surface area (Å²) < 4.78 is 22.0. The first-order chi connectivity index (χ1) is 17.6. The van der Waals surface area contributed by atoms with Crippen LogP contribution >= 0.6 is 0 Å². The summed E-state index contributed by atoms with van der Waals surface area (Å²) in [6, 6.07) is 10.5. The maximum Gasteiger partial charge on any atom is 0.255 e. The monoisotopic (exact) mass is 487 g/mol. The number of piperidine rings is 1. The van der Waals surface area contributed by atoms with Crippen LogP contribution in [0.4, 0.5) is 10.2 Å². The molecule has 36 heavy (non-hydrogen) atoms. The molecule has 0 spiro atoms. The van der Waals surface area contributed by atoms with Gasteiger partial charge in [-0.15, -0.1) is 0 Å². The molecule has 0 saturated carbocycles. The van der Waals surface area contributed by atoms with Crippen LogP contribution in [0.3, 0.4) is 0 Å². The smallest absolute Gasteiger partial charge is 0.255 e. The van der Waals surface area contributed by atoms with Crippen molar-refractivity contribution in [3.05, 3.63) is 59.2 Å². The second kappa shape index (κ2) is 9.33. The van der Waals surface area contributed by atoms with Crippen molar-refractivity contribution in [2.24, 2.45) is 0 Å². The number of ether oxygens (including phenoxy) is 1. The van der Waals surface area contributed by atoms with Crippen LogP contribution in [-0.4, -0.2) is 71.0 Å². The molecule has 0 aliphatic carbocycles. The van der Waals surface area contributed by atoms with E-state index >= 15 is 0 Å². The topological polar surface area (TPSA) is 99.3 Å². The zero-order chi connectivity index (χ0) is 24.6. The lowest BCUT2D eigenvalue weighted by Gasteiger charge is -2.40. The van der Waals surface area contributed by atoms with Gasteiger partial charge in [0.15, 0.2) is 5.82 Å². The highest BCUT2D eigenvalue weighted by Crippen LogP contribution is 2.32. The molecule has 184 valence electrons. The van der Waals surface area contributed by atoms with Crippen LogP contribution in [0.15, 0.2) is 36.5 Å². The quantitative estimate of drug-likeness (QED) is 0.604. The molecule has 2 aromatic heterocycles. The van der Waals surface area contributed by atoms with Gasteiger partial charge in [-0.2, -0.15) is 10.4 Å². The number of carbonyl (C=O) groups is 1. The molecule has 1 N–H and O–H groups in total. The second-order valence-corrected chi connectivity index (χ2v) is 9.31. The molecular weight excluding hydrogens is 461 g/mol. The highest BCUT2D eigenvalue weighted by Gasteiger charge is 2.30. The molecule has 10 heteroatoms. The number of morpholine rings is 1. The van der Waals surface area contributed by atoms with Gasteiger partial charge in [0.05, 0.1) is 59.6 Å². The number of nitriles is 1. The van der Waals surface area contributed by atoms with Crippen molar-refractivity contribution in [3.63, 3.8) is 0 Å². The summed E-state index contributed by atoms with van der Waals surface area (Å²) in [6.45, 7) is 5.50. The van der Waals surface area contributed by atoms with Crippen LogP contribution in [0.1, 0.15) is 34.5 Å². The highest BCUT2D eigenvalue weighted by atomic mass is 19.1. The third-order valence-corrected chi connectivity index (χ3v) is 7.21. The molecule has 3 aliphatic rings. The molecule has 0 bridgehead atoms. The van der Waals surface area contributed by atoms with Crippen molar-refractivity contribution in [1.82, 2.24) is 25.0 Å². The fourth-order valence-corrected chi connectivity index (χ4v) is 5.42. The third-order valence-electron chi connectivity index (χ3n) is 7.21. The highest BCUT2D eigenvalue weighted by molar-refractivity contribution is 6.01. The Morgan fingerprint density at radius 1 is 1.17 bits per heavy atom. The standard InChI is InChI=1S/C26H26FN7O2/c27-19-5-1-3-17(14-28)24(19)20-13-22(25-21(30-20)15-29-26(25)35)34-8-6-23(31-34)33-7-2-4-18(16-33)32-9-11-36-12-10-32/h1,3,5-6,8,13,18H,2,4,7,9-12,15-16H2,(H,29,35)/t18-/m0/s1. The molecule has 6 rings (SSSR count). The Kier molecular flexibility index (Phi) is 5.87. The van der Waals surface area contributed by atoms with Gasteiger partial charge in [-0.05, 0) is 31.0 Å². The minimum absolute atomic E-state index is 0.125. The van der Waals surface area contributed by atoms with Crippen molar-refractivity contribution in [2.75, 3.05) is 44.3 Å². The minimum Gasteiger partial charge on any atom is -0.379 e. The summed E-state index contributed by atoms with van der Waals surface area (Å²) in [4.78, 5) is 22.0. The Morgan fingerprint density at radius 2 is 2.03 bits per heavy atom. The molecule has 1 atom stereocenters. The summed E-state index contributed by atoms with van der Waals surface area (Å²) in [5.41, 5.74) is 2.08. The molecule has 1 amide bonds. The summed E-state index contributed by atoms with van der Waals surface area (Å²) in [5, 5.41) is 17.2. The fraction of sp³-hybridized carbons (Fsp3) is 0.385. The Labute approximate surface area is 208 Å². The number of nitrogens with one attached hydrogen (secondary N) is 1. The van der Waals surface area contributed by atoms with Gasteiger partial charge in [0.25, 0.3) is 5.91 Å². The van der Waals surface area contributed by atoms with E-state index in [1.54, 1.807) is 16.8 Å². The van der Waals surface area contributed by atoms with E-state index < -0.39 is 5.82 Å². The number of halogens is 1. The normalized spacial score (nSPS) is 20.2. The molecular formula is C26H26FN7O2. The van der Waals surface area contributed by atoms with Crippen LogP contribution in [-0.2, 0) is 11.3 Å². The number of anilines is 1. The van der Waals surface area contributed by atoms with Gasteiger partial charge >= 0.3 is 0 Å². The molecule has 9 nitrogen and oxygen atoms in total. The van der Waals surface area contributed by atoms with Gasteiger partial charge in [-0.25, -0.2) is 14.1 Å². The largest absolute Gasteiger partial charge is 0.379 e. The zero-order valence-electron chi connectivity index (χ0n) is 19.8. The van der Waals surface area contributed by atoms with Crippen molar-refractivity contribution in [1.29, 1.82) is 5.26 Å². The Morgan fingerprint density at radius 3 is 2.86 bits per heavy atom. The molecule has 1 aromatic carbocycles. The van der Waals surface area contributed by atoms with E-state index in [4.69, 9.17) is 9.84 Å². The number of pyridine rings is 1. The Hall–Kier alpha value is -3.81. The van der Waals surface area contributed by atoms with E-state index in [1.165, 1.54) is 12.1 Å². The van der Waals surface area contributed by atoms with Gasteiger partial charge in [0.2, 0.25) is 0 Å². The molecule has 2 fully saturated rings. The van der Waals surface area contributed by atoms with Gasteiger partial charge in [0, 0.05) is 44.5 Å². The first-order valence-electron chi connectivity index (χ1n) is 12.3. The van der Waals surface area contributed by atoms with Crippen LogP contribution in [0.2, 0.25) is 0 Å². The first-order valence-corrected chi connectivity index (χ1v) is 12.3. The summed E-state index contributed by atoms with van der Waals surface area (Å²) >= 11 is 0. The lowest BCUT2D eigenvalue weighted by molar-refractivity contribution is 0.0137. The van der Waals surface area contributed by atoms with Crippen LogP contribution in [0.25, 0.3) is 16.9 Å². The SMILES string of the molecule is N#Cc1cccc(F)c1-c1cc(-n2ccc(N3CCC[C@H](N4CCOCC4)C3)n2)c2c(n1)CNC2=O. The van der Waals surface area contributed by atoms with Crippen LogP contribution in [0, 0.1) is 17.1 Å². The van der Waals surface area contributed by atoms with Crippen molar-refractivity contribution >= 4 is 11.7 Å². The number of nitrogens with zero attached hydrogens (tertiary/aromatic N) is 6. The van der Waals surface area contributed by atoms with Gasteiger partial charge in [-0.1, -0.05) is 6.07 Å². The number of fused-ring (bicyclic) bond motifs is 1. The van der Waals surface area contributed by atoms with E-state index in [2.05, 4.69) is 20.1 Å². The second-order valence-electron chi connectivity index (χ2n) is 9.31. The number of carbonyl (C=O) groups excluding carboxylic acids is 1. The summed E-state index contributed by atoms with van der Waals surface area (Å²) in [5.74, 6) is 0.0611. The van der Waals surface area contributed by atoms with E-state index in [-0.39, 0.29) is 23.6 Å². The Bertz CT molecular complexity index is 1360. The number of rotatable bonds is 4. The maximum atomic E-state index is 14.8.